The van der Waals surface area contributed by atoms with E-state index in [1.54, 1.807) is 11.1 Å². The Hall–Kier alpha value is -1.62. The highest BCUT2D eigenvalue weighted by Gasteiger charge is 2.21. The van der Waals surface area contributed by atoms with Gasteiger partial charge in [-0.3, -0.25) is 9.78 Å². The zero-order chi connectivity index (χ0) is 14.0. The molecule has 19 heavy (non-hydrogen) atoms. The molecule has 102 valence electrons. The van der Waals surface area contributed by atoms with Crippen LogP contribution < -0.4 is 5.73 Å². The lowest BCUT2D eigenvalue weighted by Gasteiger charge is -2.20. The fraction of sp³-hybridized carbons (Fsp3) is 0.429. The minimum Gasteiger partial charge on any atom is -0.396 e. The number of hydrogen-bond acceptors (Lipinski definition) is 4. The third-order valence-corrected chi connectivity index (χ3v) is 4.45. The molecule has 2 aromatic rings. The average molecular weight is 277 g/mol. The number of pyridine rings is 1. The molecule has 0 fully saturated rings. The second-order valence-electron chi connectivity index (χ2n) is 4.89. The van der Waals surface area contributed by atoms with Gasteiger partial charge >= 0.3 is 0 Å². The highest BCUT2D eigenvalue weighted by Crippen LogP contribution is 2.32. The van der Waals surface area contributed by atoms with E-state index < -0.39 is 0 Å². The molecule has 0 radical (unpaired) electrons. The van der Waals surface area contributed by atoms with Gasteiger partial charge in [-0.15, -0.1) is 11.3 Å². The van der Waals surface area contributed by atoms with Gasteiger partial charge in [-0.2, -0.15) is 0 Å². The first kappa shape index (κ1) is 13.8. The molecule has 5 heteroatoms. The molecule has 2 rings (SSSR count). The molecule has 0 aliphatic rings. The van der Waals surface area contributed by atoms with Crippen LogP contribution in [-0.2, 0) is 0 Å². The van der Waals surface area contributed by atoms with Crippen molar-refractivity contribution in [3.05, 3.63) is 23.2 Å². The summed E-state index contributed by atoms with van der Waals surface area (Å²) in [7, 11) is 1.83. The van der Waals surface area contributed by atoms with Gasteiger partial charge in [-0.25, -0.2) is 0 Å². The highest BCUT2D eigenvalue weighted by atomic mass is 32.1. The van der Waals surface area contributed by atoms with Gasteiger partial charge in [0.2, 0.25) is 0 Å². The summed E-state index contributed by atoms with van der Waals surface area (Å²) >= 11 is 1.42. The maximum absolute atomic E-state index is 12.4. The fourth-order valence-corrected chi connectivity index (χ4v) is 3.04. The van der Waals surface area contributed by atoms with Gasteiger partial charge in [-0.05, 0) is 18.1 Å². The van der Waals surface area contributed by atoms with Crippen LogP contribution in [0.2, 0.25) is 0 Å². The predicted octanol–water partition coefficient (Wildman–Crippen LogP) is 3.00. The number of thiophene rings is 1. The molecule has 0 aliphatic carbocycles. The third-order valence-electron chi connectivity index (χ3n) is 3.31. The van der Waals surface area contributed by atoms with E-state index >= 15 is 0 Å². The van der Waals surface area contributed by atoms with Gasteiger partial charge < -0.3 is 10.6 Å². The molecule has 0 bridgehead atoms. The molecule has 2 N–H and O–H groups in total. The lowest BCUT2D eigenvalue weighted by atomic mass is 10.1. The number of fused-ring (bicyclic) bond motifs is 1. The van der Waals surface area contributed by atoms with Crippen molar-refractivity contribution in [1.29, 1.82) is 0 Å². The molecule has 1 unspecified atom stereocenters. The van der Waals surface area contributed by atoms with Crippen molar-refractivity contribution in [3.63, 3.8) is 0 Å². The van der Waals surface area contributed by atoms with E-state index in [1.165, 1.54) is 11.3 Å². The Morgan fingerprint density at radius 3 is 2.95 bits per heavy atom. The molecular formula is C14H19N3OS. The van der Waals surface area contributed by atoms with Crippen LogP contribution in [-0.4, -0.2) is 29.4 Å². The van der Waals surface area contributed by atoms with Crippen LogP contribution in [0.1, 0.15) is 29.9 Å². The van der Waals surface area contributed by atoms with E-state index in [-0.39, 0.29) is 5.91 Å². The van der Waals surface area contributed by atoms with Crippen molar-refractivity contribution >= 4 is 33.1 Å². The van der Waals surface area contributed by atoms with Crippen LogP contribution in [0.4, 0.5) is 5.69 Å². The second-order valence-corrected chi connectivity index (χ2v) is 5.95. The third kappa shape index (κ3) is 2.71. The van der Waals surface area contributed by atoms with Crippen LogP contribution in [0.15, 0.2) is 18.3 Å². The van der Waals surface area contributed by atoms with E-state index in [2.05, 4.69) is 18.8 Å². The summed E-state index contributed by atoms with van der Waals surface area (Å²) in [5, 5.41) is 0. The minimum absolute atomic E-state index is 0.0131. The Balaban J connectivity index is 2.28. The number of nitrogens with zero attached hydrogens (tertiary/aromatic N) is 2. The zero-order valence-electron chi connectivity index (χ0n) is 11.5. The Morgan fingerprint density at radius 1 is 1.58 bits per heavy atom. The zero-order valence-corrected chi connectivity index (χ0v) is 12.3. The normalized spacial score (nSPS) is 12.6. The van der Waals surface area contributed by atoms with Gasteiger partial charge in [0.05, 0.1) is 10.4 Å². The number of carbonyl (C=O) groups is 1. The summed E-state index contributed by atoms with van der Waals surface area (Å²) in [5.74, 6) is 0.475. The van der Waals surface area contributed by atoms with Crippen molar-refractivity contribution in [1.82, 2.24) is 9.88 Å². The van der Waals surface area contributed by atoms with Crippen molar-refractivity contribution in [2.75, 3.05) is 19.3 Å². The molecular weight excluding hydrogens is 258 g/mol. The van der Waals surface area contributed by atoms with E-state index in [9.17, 15) is 4.79 Å². The van der Waals surface area contributed by atoms with Gasteiger partial charge in [0, 0.05) is 19.8 Å². The molecule has 0 saturated carbocycles. The summed E-state index contributed by atoms with van der Waals surface area (Å²) in [5.41, 5.74) is 7.27. The molecule has 0 aliphatic heterocycles. The van der Waals surface area contributed by atoms with Crippen molar-refractivity contribution in [3.8, 4) is 0 Å². The highest BCUT2D eigenvalue weighted by molar-refractivity contribution is 7.21. The number of nitrogen functional groups attached to an aromatic ring is 1. The summed E-state index contributed by atoms with van der Waals surface area (Å²) in [6, 6.07) is 3.80. The van der Waals surface area contributed by atoms with E-state index in [0.29, 0.717) is 16.5 Å². The number of anilines is 1. The van der Waals surface area contributed by atoms with Crippen LogP contribution in [0.3, 0.4) is 0 Å². The largest absolute Gasteiger partial charge is 0.396 e. The molecule has 4 nitrogen and oxygen atoms in total. The summed E-state index contributed by atoms with van der Waals surface area (Å²) in [4.78, 5) is 19.0. The van der Waals surface area contributed by atoms with Crippen molar-refractivity contribution < 1.29 is 4.79 Å². The van der Waals surface area contributed by atoms with Crippen LogP contribution >= 0.6 is 11.3 Å². The molecule has 2 heterocycles. The van der Waals surface area contributed by atoms with E-state index in [1.807, 2.05) is 19.2 Å². The predicted molar refractivity (Wildman–Crippen MR) is 80.4 cm³/mol. The molecule has 1 amide bonds. The first-order valence-corrected chi connectivity index (χ1v) is 7.24. The maximum Gasteiger partial charge on any atom is 0.265 e. The van der Waals surface area contributed by atoms with E-state index in [0.717, 1.165) is 23.2 Å². The lowest BCUT2D eigenvalue weighted by Crippen LogP contribution is -2.30. The molecule has 0 aromatic carbocycles. The standard InChI is InChI=1S/C14H19N3OS/c1-4-9(2)8-17(3)14(18)13-11(15)12-10(19-13)6-5-7-16-12/h5-7,9H,4,8,15H2,1-3H3. The number of aromatic nitrogens is 1. The van der Waals surface area contributed by atoms with Crippen LogP contribution in [0, 0.1) is 5.92 Å². The van der Waals surface area contributed by atoms with Crippen LogP contribution in [0.25, 0.3) is 10.2 Å². The van der Waals surface area contributed by atoms with Crippen molar-refractivity contribution in [2.24, 2.45) is 5.92 Å². The second kappa shape index (κ2) is 5.57. The Morgan fingerprint density at radius 2 is 2.32 bits per heavy atom. The topological polar surface area (TPSA) is 59.2 Å². The maximum atomic E-state index is 12.4. The Kier molecular flexibility index (Phi) is 4.04. The first-order chi connectivity index (χ1) is 9.04. The van der Waals surface area contributed by atoms with Crippen molar-refractivity contribution in [2.45, 2.75) is 20.3 Å². The van der Waals surface area contributed by atoms with E-state index in [4.69, 9.17) is 5.73 Å². The molecule has 0 spiro atoms. The smallest absolute Gasteiger partial charge is 0.265 e. The molecule has 1 atom stereocenters. The number of carbonyl (C=O) groups excluding carboxylic acids is 1. The summed E-state index contributed by atoms with van der Waals surface area (Å²) in [6.07, 6.45) is 2.75. The molecule has 2 aromatic heterocycles. The Labute approximate surface area is 117 Å². The van der Waals surface area contributed by atoms with Gasteiger partial charge in [0.25, 0.3) is 5.91 Å². The SMILES string of the molecule is CCC(C)CN(C)C(=O)c1sc2cccnc2c1N. The lowest BCUT2D eigenvalue weighted by molar-refractivity contribution is 0.0780. The summed E-state index contributed by atoms with van der Waals surface area (Å²) < 4.78 is 0.959. The Bertz CT molecular complexity index is 593. The quantitative estimate of drug-likeness (QED) is 0.934. The molecule has 0 saturated heterocycles. The number of hydrogen-bond donors (Lipinski definition) is 1. The average Bonchev–Trinajstić information content (AvgIpc) is 2.75. The van der Waals surface area contributed by atoms with Gasteiger partial charge in [0.1, 0.15) is 10.4 Å². The number of rotatable bonds is 4. The van der Waals surface area contributed by atoms with Gasteiger partial charge in [0.15, 0.2) is 0 Å². The minimum atomic E-state index is -0.0131. The number of nitrogens with two attached hydrogens (primary N) is 1. The van der Waals surface area contributed by atoms with Gasteiger partial charge in [-0.1, -0.05) is 20.3 Å². The number of amides is 1. The van der Waals surface area contributed by atoms with Crippen LogP contribution in [0.5, 0.6) is 0 Å². The monoisotopic (exact) mass is 277 g/mol. The summed E-state index contributed by atoms with van der Waals surface area (Å²) in [6.45, 7) is 5.01. The first-order valence-electron chi connectivity index (χ1n) is 6.43. The fourth-order valence-electron chi connectivity index (χ4n) is 1.96.